The van der Waals surface area contributed by atoms with Gasteiger partial charge in [-0.3, -0.25) is 4.90 Å². The molecule has 0 saturated heterocycles. The third kappa shape index (κ3) is 6.12. The molecule has 2 N–H and O–H groups in total. The van der Waals surface area contributed by atoms with Crippen LogP contribution in [-0.2, 0) is 20.0 Å². The predicted octanol–water partition coefficient (Wildman–Crippen LogP) is 6.44. The number of carbonyl (C=O) groups is 1. The van der Waals surface area contributed by atoms with E-state index in [4.69, 9.17) is 9.52 Å². The van der Waals surface area contributed by atoms with Gasteiger partial charge in [0.25, 0.3) is 18.3 Å². The molecule has 9 nitrogen and oxygen atoms in total. The summed E-state index contributed by atoms with van der Waals surface area (Å²) in [5, 5.41) is 11.1. The summed E-state index contributed by atoms with van der Waals surface area (Å²) in [6.07, 6.45) is 2.89. The van der Waals surface area contributed by atoms with Gasteiger partial charge in [0.05, 0.1) is 16.9 Å². The zero-order valence-corrected chi connectivity index (χ0v) is 30.1. The molecule has 1 aromatic heterocycles. The van der Waals surface area contributed by atoms with Crippen LogP contribution in [0.3, 0.4) is 0 Å². The minimum atomic E-state index is -3.91. The highest BCUT2D eigenvalue weighted by Crippen LogP contribution is 2.43. The number of fused-ring (bicyclic) bond motifs is 1. The van der Waals surface area contributed by atoms with Gasteiger partial charge in [0.15, 0.2) is 0 Å². The monoisotopic (exact) mass is 671 g/mol. The molecule has 2 aliphatic rings. The van der Waals surface area contributed by atoms with E-state index in [0.29, 0.717) is 11.4 Å². The van der Waals surface area contributed by atoms with E-state index >= 15 is 0 Å². The summed E-state index contributed by atoms with van der Waals surface area (Å²) >= 11 is 0. The average molecular weight is 672 g/mol. The minimum Gasteiger partial charge on any atom is -0.404 e. The van der Waals surface area contributed by atoms with Gasteiger partial charge in [-0.1, -0.05) is 81.4 Å². The Hall–Kier alpha value is -3.93. The number of rotatable bonds is 7. The number of sulfonamides is 1. The first-order valence-electron chi connectivity index (χ1n) is 16.2. The average Bonchev–Trinajstić information content (AvgIpc) is 3.66. The summed E-state index contributed by atoms with van der Waals surface area (Å²) < 4.78 is 36.7. The second-order valence-corrected chi connectivity index (χ2v) is 20.6. The van der Waals surface area contributed by atoms with Crippen molar-refractivity contribution in [3.05, 3.63) is 90.6 Å². The van der Waals surface area contributed by atoms with Gasteiger partial charge >= 0.3 is 6.03 Å². The zero-order valence-electron chi connectivity index (χ0n) is 28.2. The van der Waals surface area contributed by atoms with Crippen LogP contribution in [0.15, 0.2) is 89.8 Å². The smallest absolute Gasteiger partial charge is 0.335 e. The highest BCUT2D eigenvalue weighted by atomic mass is 32.2. The lowest BCUT2D eigenvalue weighted by Gasteiger charge is -2.44. The van der Waals surface area contributed by atoms with Crippen LogP contribution in [0.25, 0.3) is 0 Å². The van der Waals surface area contributed by atoms with Crippen molar-refractivity contribution in [2.24, 2.45) is 0 Å². The molecule has 0 radical (unpaired) electrons. The van der Waals surface area contributed by atoms with Gasteiger partial charge in [-0.05, 0) is 73.6 Å². The standard InChI is InChI=1S/C36H45N5O4SSi/c1-35(2,3)41-33(37-26-19-21-32-31(23-26)40(7)34(42)39-46(32,43)44)24-30(38-41)25-18-20-27(22-25)45-47(36(4,5)6,28-14-10-8-11-15-28)29-16-12-9-13-17-29/h8-17,19,21,23-25,27,37H,18,20,22H2,1-7H3,(H,39,42)/t25-,27+/m0/s1. The number of amides is 2. The van der Waals surface area contributed by atoms with E-state index in [1.165, 1.54) is 21.3 Å². The van der Waals surface area contributed by atoms with Crippen LogP contribution in [0.2, 0.25) is 5.04 Å². The Morgan fingerprint density at radius 2 is 1.51 bits per heavy atom. The summed E-state index contributed by atoms with van der Waals surface area (Å²) in [7, 11) is -5.04. The molecule has 47 heavy (non-hydrogen) atoms. The van der Waals surface area contributed by atoms with Gasteiger partial charge in [-0.2, -0.15) is 5.10 Å². The van der Waals surface area contributed by atoms with E-state index < -0.39 is 24.4 Å². The number of hydrogen-bond acceptors (Lipinski definition) is 6. The third-order valence-electron chi connectivity index (χ3n) is 9.34. The maximum Gasteiger partial charge on any atom is 0.335 e. The Balaban J connectivity index is 1.30. The molecule has 3 aromatic carbocycles. The van der Waals surface area contributed by atoms with E-state index in [9.17, 15) is 13.2 Å². The molecule has 1 aliphatic heterocycles. The Kier molecular flexibility index (Phi) is 8.38. The highest BCUT2D eigenvalue weighted by molar-refractivity contribution is 7.90. The fourth-order valence-corrected chi connectivity index (χ4v) is 13.0. The van der Waals surface area contributed by atoms with Crippen LogP contribution in [0, 0.1) is 0 Å². The number of aromatic nitrogens is 2. The van der Waals surface area contributed by atoms with Crippen LogP contribution < -0.4 is 25.3 Å². The number of nitrogens with zero attached hydrogens (tertiary/aromatic N) is 3. The van der Waals surface area contributed by atoms with Crippen LogP contribution >= 0.6 is 0 Å². The fourth-order valence-electron chi connectivity index (χ4n) is 7.04. The second kappa shape index (κ2) is 11.9. The molecule has 248 valence electrons. The predicted molar refractivity (Wildman–Crippen MR) is 190 cm³/mol. The number of nitrogens with one attached hydrogen (secondary N) is 2. The Labute approximate surface area is 279 Å². The summed E-state index contributed by atoms with van der Waals surface area (Å²) in [5.41, 5.74) is 1.67. The molecular formula is C36H45N5O4SSi. The Morgan fingerprint density at radius 1 is 0.894 bits per heavy atom. The molecule has 1 saturated carbocycles. The van der Waals surface area contributed by atoms with Crippen LogP contribution in [0.1, 0.15) is 72.4 Å². The normalized spacial score (nSPS) is 19.7. The van der Waals surface area contributed by atoms with Crippen molar-refractivity contribution >= 4 is 51.9 Å². The minimum absolute atomic E-state index is 0.0630. The molecule has 2 atom stereocenters. The molecule has 1 aliphatic carbocycles. The highest BCUT2D eigenvalue weighted by Gasteiger charge is 2.52. The second-order valence-electron chi connectivity index (χ2n) is 14.7. The Morgan fingerprint density at radius 3 is 2.09 bits per heavy atom. The first kappa shape index (κ1) is 33.0. The maximum absolute atomic E-state index is 12.6. The molecule has 0 unspecified atom stereocenters. The molecular weight excluding hydrogens is 627 g/mol. The quantitative estimate of drug-likeness (QED) is 0.219. The molecule has 6 rings (SSSR count). The first-order valence-corrected chi connectivity index (χ1v) is 19.6. The van der Waals surface area contributed by atoms with Crippen LogP contribution in [0.4, 0.5) is 22.0 Å². The van der Waals surface area contributed by atoms with E-state index in [0.717, 1.165) is 30.8 Å². The number of benzene rings is 3. The largest absolute Gasteiger partial charge is 0.404 e. The fraction of sp³-hybridized carbons (Fsp3) is 0.389. The van der Waals surface area contributed by atoms with Crippen molar-refractivity contribution < 1.29 is 17.6 Å². The number of urea groups is 1. The first-order chi connectivity index (χ1) is 22.1. The van der Waals surface area contributed by atoms with Crippen molar-refractivity contribution in [1.29, 1.82) is 0 Å². The van der Waals surface area contributed by atoms with E-state index in [1.54, 1.807) is 19.2 Å². The van der Waals surface area contributed by atoms with Crippen molar-refractivity contribution in [1.82, 2.24) is 14.5 Å². The van der Waals surface area contributed by atoms with Crippen LogP contribution in [-0.4, -0.2) is 45.7 Å². The van der Waals surface area contributed by atoms with Crippen molar-refractivity contribution in [2.45, 2.75) is 88.3 Å². The van der Waals surface area contributed by atoms with Crippen LogP contribution in [0.5, 0.6) is 0 Å². The molecule has 11 heteroatoms. The van der Waals surface area contributed by atoms with Gasteiger partial charge in [-0.15, -0.1) is 0 Å². The van der Waals surface area contributed by atoms with E-state index in [2.05, 4.69) is 118 Å². The van der Waals surface area contributed by atoms with Gasteiger partial charge in [-0.25, -0.2) is 22.6 Å². The summed E-state index contributed by atoms with van der Waals surface area (Å²) in [4.78, 5) is 13.7. The lowest BCUT2D eigenvalue weighted by atomic mass is 10.0. The third-order valence-corrected chi connectivity index (χ3v) is 15.8. The molecule has 2 amide bonds. The molecule has 2 heterocycles. The summed E-state index contributed by atoms with van der Waals surface area (Å²) in [6, 6.07) is 27.9. The lowest BCUT2D eigenvalue weighted by Crippen LogP contribution is -2.67. The molecule has 0 bridgehead atoms. The lowest BCUT2D eigenvalue weighted by molar-refractivity contribution is 0.193. The van der Waals surface area contributed by atoms with Gasteiger partial charge in [0.1, 0.15) is 10.7 Å². The van der Waals surface area contributed by atoms with E-state index in [-0.39, 0.29) is 27.5 Å². The summed E-state index contributed by atoms with van der Waals surface area (Å²) in [6.45, 7) is 13.3. The van der Waals surface area contributed by atoms with E-state index in [1.807, 2.05) is 4.68 Å². The van der Waals surface area contributed by atoms with Gasteiger partial charge < -0.3 is 9.74 Å². The van der Waals surface area contributed by atoms with Crippen molar-refractivity contribution in [3.8, 4) is 0 Å². The number of carbonyl (C=O) groups excluding carboxylic acids is 1. The topological polar surface area (TPSA) is 106 Å². The molecule has 0 spiro atoms. The Bertz CT molecular complexity index is 1840. The van der Waals surface area contributed by atoms with Gasteiger partial charge in [0.2, 0.25) is 0 Å². The van der Waals surface area contributed by atoms with Gasteiger partial charge in [0, 0.05) is 30.8 Å². The summed E-state index contributed by atoms with van der Waals surface area (Å²) in [5.74, 6) is 1.03. The van der Waals surface area contributed by atoms with Crippen molar-refractivity contribution in [2.75, 3.05) is 17.3 Å². The molecule has 4 aromatic rings. The van der Waals surface area contributed by atoms with Crippen molar-refractivity contribution in [3.63, 3.8) is 0 Å². The SMILES string of the molecule is CN1C(=O)NS(=O)(=O)c2ccc(Nc3cc([C@H]4CC[C@@H](O[Si](c5ccccc5)(c5ccccc5)C(C)(C)C)C4)nn3C(C)(C)C)cc21. The molecule has 1 fully saturated rings. The zero-order chi connectivity index (χ0) is 33.8. The number of hydrogen-bond donors (Lipinski definition) is 2. The number of anilines is 3. The maximum atomic E-state index is 12.6.